The highest BCUT2D eigenvalue weighted by Crippen LogP contribution is 2.19. The highest BCUT2D eigenvalue weighted by Gasteiger charge is 2.05. The van der Waals surface area contributed by atoms with E-state index in [1.54, 1.807) is 11.8 Å². The molecule has 0 spiro atoms. The average molecular weight is 375 g/mol. The minimum Gasteiger partial charge on any atom is -0.273 e. The van der Waals surface area contributed by atoms with Gasteiger partial charge in [-0.25, -0.2) is 5.43 Å². The fraction of sp³-hybridized carbons (Fsp3) is 0.636. The molecule has 1 aromatic carbocycles. The minimum absolute atomic E-state index is 0.0308. The number of carbonyl (C=O) groups is 1. The molecule has 1 aliphatic carbocycles. The third kappa shape index (κ3) is 9.42. The average Bonchev–Trinajstić information content (AvgIpc) is 2.63. The van der Waals surface area contributed by atoms with Crippen LogP contribution in [0.2, 0.25) is 0 Å². The molecule has 1 fully saturated rings. The van der Waals surface area contributed by atoms with Gasteiger partial charge in [-0.2, -0.15) is 5.10 Å². The van der Waals surface area contributed by atoms with Crippen LogP contribution in [0.1, 0.15) is 82.6 Å². The largest absolute Gasteiger partial charge is 0.273 e. The SMILES string of the molecule is Cc1ccc(SCCC(=O)NN=C2CCCCCCCCCCC2)cc1. The number of hydrazone groups is 1. The highest BCUT2D eigenvalue weighted by molar-refractivity contribution is 7.99. The van der Waals surface area contributed by atoms with Crippen LogP contribution in [0.3, 0.4) is 0 Å². The molecule has 3 nitrogen and oxygen atoms in total. The first-order chi connectivity index (χ1) is 12.7. The number of hydrogen-bond acceptors (Lipinski definition) is 3. The zero-order valence-corrected chi connectivity index (χ0v) is 17.1. The number of carbonyl (C=O) groups excluding carboxylic acids is 1. The van der Waals surface area contributed by atoms with Crippen molar-refractivity contribution in [2.24, 2.45) is 5.10 Å². The minimum atomic E-state index is 0.0308. The van der Waals surface area contributed by atoms with Gasteiger partial charge in [-0.05, 0) is 44.7 Å². The third-order valence-corrected chi connectivity index (χ3v) is 5.90. The van der Waals surface area contributed by atoms with Crippen LogP contribution in [-0.2, 0) is 4.79 Å². The molecule has 1 aromatic rings. The molecule has 1 amide bonds. The summed E-state index contributed by atoms with van der Waals surface area (Å²) in [5.74, 6) is 0.822. The summed E-state index contributed by atoms with van der Waals surface area (Å²) in [4.78, 5) is 13.3. The molecule has 2 rings (SSSR count). The van der Waals surface area contributed by atoms with Gasteiger partial charge >= 0.3 is 0 Å². The van der Waals surface area contributed by atoms with Crippen LogP contribution in [0.5, 0.6) is 0 Å². The third-order valence-electron chi connectivity index (χ3n) is 4.89. The van der Waals surface area contributed by atoms with Crippen LogP contribution in [0.4, 0.5) is 0 Å². The molecule has 1 aliphatic rings. The first-order valence-corrected chi connectivity index (χ1v) is 11.3. The Kier molecular flexibility index (Phi) is 10.5. The second-order valence-corrected chi connectivity index (χ2v) is 8.47. The summed E-state index contributed by atoms with van der Waals surface area (Å²) in [6, 6.07) is 8.45. The van der Waals surface area contributed by atoms with Crippen LogP contribution in [0.25, 0.3) is 0 Å². The first kappa shape index (κ1) is 21.0. The lowest BCUT2D eigenvalue weighted by Gasteiger charge is -2.10. The van der Waals surface area contributed by atoms with Gasteiger partial charge < -0.3 is 0 Å². The Balaban J connectivity index is 1.70. The van der Waals surface area contributed by atoms with E-state index >= 15 is 0 Å². The van der Waals surface area contributed by atoms with Crippen LogP contribution in [-0.4, -0.2) is 17.4 Å². The van der Waals surface area contributed by atoms with Crippen molar-refractivity contribution in [3.8, 4) is 0 Å². The summed E-state index contributed by atoms with van der Waals surface area (Å²) in [7, 11) is 0. The molecule has 26 heavy (non-hydrogen) atoms. The van der Waals surface area contributed by atoms with Crippen LogP contribution in [0.15, 0.2) is 34.3 Å². The van der Waals surface area contributed by atoms with E-state index < -0.39 is 0 Å². The molecular formula is C22H34N2OS. The molecule has 0 aliphatic heterocycles. The van der Waals surface area contributed by atoms with Crippen LogP contribution >= 0.6 is 11.8 Å². The molecule has 0 aromatic heterocycles. The van der Waals surface area contributed by atoms with Crippen molar-refractivity contribution in [3.05, 3.63) is 29.8 Å². The number of benzene rings is 1. The number of nitrogens with one attached hydrogen (secondary N) is 1. The van der Waals surface area contributed by atoms with Crippen molar-refractivity contribution in [2.45, 2.75) is 88.9 Å². The van der Waals surface area contributed by atoms with Gasteiger partial charge in [-0.3, -0.25) is 4.79 Å². The van der Waals surface area contributed by atoms with Gasteiger partial charge in [0.15, 0.2) is 0 Å². The van der Waals surface area contributed by atoms with E-state index in [1.807, 2.05) is 0 Å². The van der Waals surface area contributed by atoms with Crippen LogP contribution < -0.4 is 5.43 Å². The lowest BCUT2D eigenvalue weighted by atomic mass is 10.00. The van der Waals surface area contributed by atoms with E-state index in [0.29, 0.717) is 6.42 Å². The number of thioether (sulfide) groups is 1. The molecule has 1 N–H and O–H groups in total. The second kappa shape index (κ2) is 13.0. The molecule has 0 unspecified atom stereocenters. The second-order valence-electron chi connectivity index (χ2n) is 7.31. The summed E-state index contributed by atoms with van der Waals surface area (Å²) in [5, 5.41) is 4.46. The highest BCUT2D eigenvalue weighted by atomic mass is 32.2. The van der Waals surface area contributed by atoms with E-state index in [4.69, 9.17) is 0 Å². The lowest BCUT2D eigenvalue weighted by molar-refractivity contribution is -0.120. The van der Waals surface area contributed by atoms with E-state index in [2.05, 4.69) is 41.7 Å². The number of hydrogen-bond donors (Lipinski definition) is 1. The standard InChI is InChI=1S/C22H34N2OS/c1-19-13-15-21(16-14-19)26-18-17-22(25)24-23-20-11-9-7-5-3-2-4-6-8-10-12-20/h13-16H,2-12,17-18H2,1H3,(H,24,25). The number of nitrogens with zero attached hydrogens (tertiary/aromatic N) is 1. The maximum atomic E-state index is 12.1. The Labute approximate surface area is 163 Å². The van der Waals surface area contributed by atoms with E-state index in [9.17, 15) is 4.79 Å². The van der Waals surface area contributed by atoms with E-state index in [0.717, 1.165) is 18.6 Å². The molecule has 0 bridgehead atoms. The van der Waals surface area contributed by atoms with Gasteiger partial charge in [-0.1, -0.05) is 62.6 Å². The van der Waals surface area contributed by atoms with Gasteiger partial charge in [0.1, 0.15) is 0 Å². The zero-order chi connectivity index (χ0) is 18.5. The Hall–Kier alpha value is -1.29. The van der Waals surface area contributed by atoms with Crippen molar-refractivity contribution in [1.82, 2.24) is 5.43 Å². The van der Waals surface area contributed by atoms with Crippen molar-refractivity contribution < 1.29 is 4.79 Å². The Morgan fingerprint density at radius 3 is 2.04 bits per heavy atom. The molecule has 0 atom stereocenters. The monoisotopic (exact) mass is 374 g/mol. The van der Waals surface area contributed by atoms with Crippen molar-refractivity contribution >= 4 is 23.4 Å². The van der Waals surface area contributed by atoms with Gasteiger partial charge in [0.25, 0.3) is 0 Å². The van der Waals surface area contributed by atoms with Gasteiger partial charge in [0.05, 0.1) is 0 Å². The van der Waals surface area contributed by atoms with Gasteiger partial charge in [0.2, 0.25) is 5.91 Å². The summed E-state index contributed by atoms with van der Waals surface area (Å²) in [5.41, 5.74) is 5.24. The molecule has 0 heterocycles. The van der Waals surface area contributed by atoms with Gasteiger partial charge in [-0.15, -0.1) is 11.8 Å². The summed E-state index contributed by atoms with van der Waals surface area (Å²) >= 11 is 1.73. The van der Waals surface area contributed by atoms with E-state index in [1.165, 1.54) is 74.0 Å². The maximum Gasteiger partial charge on any atom is 0.240 e. The number of amides is 1. The summed E-state index contributed by atoms with van der Waals surface area (Å²) in [6.07, 6.45) is 14.4. The molecule has 0 saturated heterocycles. The quantitative estimate of drug-likeness (QED) is 0.488. The first-order valence-electron chi connectivity index (χ1n) is 10.3. The molecular weight excluding hydrogens is 340 g/mol. The topological polar surface area (TPSA) is 41.5 Å². The summed E-state index contributed by atoms with van der Waals surface area (Å²) < 4.78 is 0. The van der Waals surface area contributed by atoms with E-state index in [-0.39, 0.29) is 5.91 Å². The zero-order valence-electron chi connectivity index (χ0n) is 16.3. The molecule has 0 radical (unpaired) electrons. The normalized spacial score (nSPS) is 17.0. The van der Waals surface area contributed by atoms with Crippen molar-refractivity contribution in [3.63, 3.8) is 0 Å². The van der Waals surface area contributed by atoms with Gasteiger partial charge in [0, 0.05) is 22.8 Å². The maximum absolute atomic E-state index is 12.1. The number of aryl methyl sites for hydroxylation is 1. The Bertz CT molecular complexity index is 540. The molecule has 4 heteroatoms. The van der Waals surface area contributed by atoms with Crippen molar-refractivity contribution in [1.29, 1.82) is 0 Å². The smallest absolute Gasteiger partial charge is 0.240 e. The predicted molar refractivity (Wildman–Crippen MR) is 113 cm³/mol. The Morgan fingerprint density at radius 2 is 1.46 bits per heavy atom. The lowest BCUT2D eigenvalue weighted by Crippen LogP contribution is -2.20. The van der Waals surface area contributed by atoms with Crippen molar-refractivity contribution in [2.75, 3.05) is 5.75 Å². The molecule has 1 saturated carbocycles. The van der Waals surface area contributed by atoms with Crippen LogP contribution in [0, 0.1) is 6.92 Å². The predicted octanol–water partition coefficient (Wildman–Crippen LogP) is 6.25. The molecule has 144 valence electrons. The summed E-state index contributed by atoms with van der Waals surface area (Å²) in [6.45, 7) is 2.09. The fourth-order valence-electron chi connectivity index (χ4n) is 3.23. The Morgan fingerprint density at radius 1 is 0.923 bits per heavy atom. The number of rotatable bonds is 5. The fourth-order valence-corrected chi connectivity index (χ4v) is 4.08.